The number of hydrogen-bond donors (Lipinski definition) is 0. The highest BCUT2D eigenvalue weighted by molar-refractivity contribution is 5.92. The standard InChI is InChI=1S/C19H25N5O/c1-3-24-16(2)18(14-21-24)6-7-19(25)23-11-9-22(10-12-23)15-17-5-4-8-20-13-17/h4-8,13-14H,3,9-12,15H2,1-2H3/b7-6+. The van der Waals surface area contributed by atoms with E-state index < -0.39 is 0 Å². The molecule has 1 fully saturated rings. The average Bonchev–Trinajstić information content (AvgIpc) is 3.01. The van der Waals surface area contributed by atoms with Gasteiger partial charge < -0.3 is 4.90 Å². The first kappa shape index (κ1) is 17.4. The van der Waals surface area contributed by atoms with Crippen LogP contribution >= 0.6 is 0 Å². The SMILES string of the molecule is CCn1ncc(/C=C/C(=O)N2CCN(Cc3cccnc3)CC2)c1C. The number of aryl methyl sites for hydroxylation is 1. The van der Waals surface area contributed by atoms with Gasteiger partial charge in [0.1, 0.15) is 0 Å². The molecule has 0 radical (unpaired) electrons. The summed E-state index contributed by atoms with van der Waals surface area (Å²) in [6.45, 7) is 9.12. The molecule has 0 spiro atoms. The minimum absolute atomic E-state index is 0.0738. The summed E-state index contributed by atoms with van der Waals surface area (Å²) in [5.41, 5.74) is 3.31. The van der Waals surface area contributed by atoms with Gasteiger partial charge in [0.15, 0.2) is 0 Å². The van der Waals surface area contributed by atoms with Gasteiger partial charge in [-0.3, -0.25) is 19.4 Å². The topological polar surface area (TPSA) is 54.3 Å². The van der Waals surface area contributed by atoms with Crippen molar-refractivity contribution in [2.75, 3.05) is 26.2 Å². The molecule has 1 aliphatic rings. The molecular formula is C19H25N5O. The first-order chi connectivity index (χ1) is 12.2. The Bertz CT molecular complexity index is 730. The van der Waals surface area contributed by atoms with Crippen molar-refractivity contribution < 1.29 is 4.79 Å². The van der Waals surface area contributed by atoms with Crippen molar-refractivity contribution in [1.82, 2.24) is 24.6 Å². The van der Waals surface area contributed by atoms with Crippen molar-refractivity contribution in [3.63, 3.8) is 0 Å². The molecule has 0 atom stereocenters. The summed E-state index contributed by atoms with van der Waals surface area (Å²) in [7, 11) is 0. The molecule has 0 unspecified atom stereocenters. The highest BCUT2D eigenvalue weighted by Gasteiger charge is 2.19. The molecule has 6 heteroatoms. The summed E-state index contributed by atoms with van der Waals surface area (Å²) in [5.74, 6) is 0.0738. The Morgan fingerprint density at radius 2 is 2.04 bits per heavy atom. The van der Waals surface area contributed by atoms with Crippen LogP contribution < -0.4 is 0 Å². The van der Waals surface area contributed by atoms with Gasteiger partial charge in [0.05, 0.1) is 6.20 Å². The van der Waals surface area contributed by atoms with E-state index >= 15 is 0 Å². The zero-order valence-corrected chi connectivity index (χ0v) is 14.9. The predicted molar refractivity (Wildman–Crippen MR) is 97.8 cm³/mol. The van der Waals surface area contributed by atoms with Gasteiger partial charge in [0, 0.05) is 69.0 Å². The van der Waals surface area contributed by atoms with Crippen molar-refractivity contribution in [2.45, 2.75) is 26.9 Å². The second-order valence-electron chi connectivity index (χ2n) is 6.30. The van der Waals surface area contributed by atoms with Crippen molar-refractivity contribution in [2.24, 2.45) is 0 Å². The Hall–Kier alpha value is -2.47. The van der Waals surface area contributed by atoms with Gasteiger partial charge in [-0.05, 0) is 31.6 Å². The lowest BCUT2D eigenvalue weighted by Gasteiger charge is -2.34. The van der Waals surface area contributed by atoms with Crippen LogP contribution in [0.2, 0.25) is 0 Å². The summed E-state index contributed by atoms with van der Waals surface area (Å²) in [4.78, 5) is 20.8. The minimum atomic E-state index is 0.0738. The Kier molecular flexibility index (Phi) is 5.60. The molecule has 0 N–H and O–H groups in total. The van der Waals surface area contributed by atoms with Crippen LogP contribution in [0.5, 0.6) is 0 Å². The number of piperazine rings is 1. The van der Waals surface area contributed by atoms with E-state index in [9.17, 15) is 4.79 Å². The molecular weight excluding hydrogens is 314 g/mol. The lowest BCUT2D eigenvalue weighted by molar-refractivity contribution is -0.127. The van der Waals surface area contributed by atoms with Crippen molar-refractivity contribution in [3.05, 3.63) is 53.6 Å². The highest BCUT2D eigenvalue weighted by Crippen LogP contribution is 2.11. The fraction of sp³-hybridized carbons (Fsp3) is 0.421. The van der Waals surface area contributed by atoms with Gasteiger partial charge in [-0.25, -0.2) is 0 Å². The van der Waals surface area contributed by atoms with E-state index in [0.29, 0.717) is 0 Å². The summed E-state index contributed by atoms with van der Waals surface area (Å²) in [6, 6.07) is 4.05. The van der Waals surface area contributed by atoms with E-state index in [1.54, 1.807) is 12.3 Å². The van der Waals surface area contributed by atoms with E-state index in [0.717, 1.165) is 50.5 Å². The number of carbonyl (C=O) groups excluding carboxylic acids is 1. The average molecular weight is 339 g/mol. The minimum Gasteiger partial charge on any atom is -0.337 e. The van der Waals surface area contributed by atoms with E-state index in [4.69, 9.17) is 0 Å². The third kappa shape index (κ3) is 4.33. The first-order valence-corrected chi connectivity index (χ1v) is 8.78. The molecule has 3 heterocycles. The molecule has 2 aromatic rings. The molecule has 2 aromatic heterocycles. The van der Waals surface area contributed by atoms with Crippen LogP contribution in [0.4, 0.5) is 0 Å². The quantitative estimate of drug-likeness (QED) is 0.782. The third-order valence-corrected chi connectivity index (χ3v) is 4.66. The monoisotopic (exact) mass is 339 g/mol. The maximum absolute atomic E-state index is 12.4. The molecule has 0 saturated carbocycles. The molecule has 132 valence electrons. The fourth-order valence-corrected chi connectivity index (χ4v) is 3.09. The van der Waals surface area contributed by atoms with Crippen molar-refractivity contribution >= 4 is 12.0 Å². The number of amides is 1. The molecule has 0 aliphatic carbocycles. The second-order valence-corrected chi connectivity index (χ2v) is 6.30. The molecule has 25 heavy (non-hydrogen) atoms. The molecule has 0 aromatic carbocycles. The van der Waals surface area contributed by atoms with Gasteiger partial charge in [-0.1, -0.05) is 6.07 Å². The highest BCUT2D eigenvalue weighted by atomic mass is 16.2. The smallest absolute Gasteiger partial charge is 0.246 e. The maximum Gasteiger partial charge on any atom is 0.246 e. The number of pyridine rings is 1. The van der Waals surface area contributed by atoms with Gasteiger partial charge >= 0.3 is 0 Å². The van der Waals surface area contributed by atoms with Crippen LogP contribution in [0, 0.1) is 6.92 Å². The Morgan fingerprint density at radius 3 is 2.68 bits per heavy atom. The van der Waals surface area contributed by atoms with Crippen molar-refractivity contribution in [1.29, 1.82) is 0 Å². The number of rotatable bonds is 5. The lowest BCUT2D eigenvalue weighted by atomic mass is 10.2. The van der Waals surface area contributed by atoms with E-state index in [2.05, 4.69) is 28.0 Å². The third-order valence-electron chi connectivity index (χ3n) is 4.66. The molecule has 1 aliphatic heterocycles. The summed E-state index contributed by atoms with van der Waals surface area (Å²) in [5, 5.41) is 4.30. The summed E-state index contributed by atoms with van der Waals surface area (Å²) in [6.07, 6.45) is 9.05. The zero-order valence-electron chi connectivity index (χ0n) is 14.9. The Labute approximate surface area is 148 Å². The van der Waals surface area contributed by atoms with Crippen LogP contribution in [0.25, 0.3) is 6.08 Å². The summed E-state index contributed by atoms with van der Waals surface area (Å²) < 4.78 is 1.93. The number of nitrogens with zero attached hydrogens (tertiary/aromatic N) is 5. The Balaban J connectivity index is 1.51. The van der Waals surface area contributed by atoms with Gasteiger partial charge in [0.25, 0.3) is 0 Å². The second kappa shape index (κ2) is 8.07. The Morgan fingerprint density at radius 1 is 1.24 bits per heavy atom. The summed E-state index contributed by atoms with van der Waals surface area (Å²) >= 11 is 0. The lowest BCUT2D eigenvalue weighted by Crippen LogP contribution is -2.47. The van der Waals surface area contributed by atoms with Gasteiger partial charge in [-0.2, -0.15) is 5.10 Å². The van der Waals surface area contributed by atoms with Crippen LogP contribution in [0.3, 0.4) is 0 Å². The zero-order chi connectivity index (χ0) is 17.6. The normalized spacial score (nSPS) is 15.8. The van der Waals surface area contributed by atoms with E-state index in [1.807, 2.05) is 41.0 Å². The first-order valence-electron chi connectivity index (χ1n) is 8.78. The van der Waals surface area contributed by atoms with Crippen LogP contribution in [0.15, 0.2) is 36.8 Å². The fourth-order valence-electron chi connectivity index (χ4n) is 3.09. The van der Waals surface area contributed by atoms with Crippen molar-refractivity contribution in [3.8, 4) is 0 Å². The van der Waals surface area contributed by atoms with Crippen LogP contribution in [0.1, 0.15) is 23.7 Å². The molecule has 3 rings (SSSR count). The number of hydrogen-bond acceptors (Lipinski definition) is 4. The molecule has 0 bridgehead atoms. The van der Waals surface area contributed by atoms with Crippen LogP contribution in [-0.4, -0.2) is 56.7 Å². The predicted octanol–water partition coefficient (Wildman–Crippen LogP) is 1.96. The van der Waals surface area contributed by atoms with Crippen LogP contribution in [-0.2, 0) is 17.9 Å². The maximum atomic E-state index is 12.4. The largest absolute Gasteiger partial charge is 0.337 e. The molecule has 1 saturated heterocycles. The van der Waals surface area contributed by atoms with E-state index in [1.165, 1.54) is 5.56 Å². The molecule has 6 nitrogen and oxygen atoms in total. The number of aromatic nitrogens is 3. The van der Waals surface area contributed by atoms with Gasteiger partial charge in [-0.15, -0.1) is 0 Å². The van der Waals surface area contributed by atoms with E-state index in [-0.39, 0.29) is 5.91 Å². The molecule has 1 amide bonds. The number of carbonyl (C=O) groups is 1. The van der Waals surface area contributed by atoms with Gasteiger partial charge in [0.2, 0.25) is 5.91 Å².